The molecule has 0 saturated carbocycles. The molecule has 0 atom stereocenters. The monoisotopic (exact) mass is 1010 g/mol. The van der Waals surface area contributed by atoms with Crippen molar-refractivity contribution in [3.63, 3.8) is 0 Å². The van der Waals surface area contributed by atoms with Gasteiger partial charge in [-0.2, -0.15) is 0 Å². The lowest BCUT2D eigenvalue weighted by molar-refractivity contribution is 0.347. The first-order valence-corrected chi connectivity index (χ1v) is 27.1. The van der Waals surface area contributed by atoms with Gasteiger partial charge in [0.1, 0.15) is 61.8 Å². The molecule has 0 unspecified atom stereocenters. The van der Waals surface area contributed by atoms with Crippen LogP contribution in [0, 0.1) is 0 Å². The Bertz CT molecular complexity index is 2330. The second-order valence-corrected chi connectivity index (χ2v) is 25.8. The zero-order chi connectivity index (χ0) is 55.3. The molecule has 0 spiro atoms. The molecule has 5 nitrogen and oxygen atoms in total. The Kier molecular flexibility index (Phi) is 18.1. The van der Waals surface area contributed by atoms with Crippen LogP contribution in [0.25, 0.3) is 0 Å². The van der Waals surface area contributed by atoms with Gasteiger partial charge in [0, 0.05) is 32.1 Å². The number of benzene rings is 5. The summed E-state index contributed by atoms with van der Waals surface area (Å²) in [6.45, 7) is 56.6. The normalized spacial score (nSPS) is 13.3. The molecule has 10 bridgehead atoms. The molecule has 0 saturated heterocycles. The van der Waals surface area contributed by atoms with Crippen molar-refractivity contribution in [3.8, 4) is 28.7 Å². The van der Waals surface area contributed by atoms with Crippen LogP contribution in [-0.4, -0.2) is 33.0 Å². The van der Waals surface area contributed by atoms with Crippen LogP contribution in [-0.2, 0) is 59.2 Å². The maximum atomic E-state index is 6.95. The van der Waals surface area contributed by atoms with Crippen molar-refractivity contribution in [2.24, 2.45) is 0 Å². The van der Waals surface area contributed by atoms with Crippen LogP contribution in [0.15, 0.2) is 124 Å². The lowest BCUT2D eigenvalue weighted by Crippen LogP contribution is -2.17. The molecule has 0 aliphatic heterocycles. The Balaban J connectivity index is 1.90. The highest BCUT2D eigenvalue weighted by atomic mass is 16.5. The molecule has 1 aliphatic rings. The minimum absolute atomic E-state index is 0.190. The first-order valence-electron chi connectivity index (χ1n) is 27.1. The average molecular weight is 1010 g/mol. The fourth-order valence-corrected chi connectivity index (χ4v) is 9.91. The van der Waals surface area contributed by atoms with Crippen LogP contribution in [0.2, 0.25) is 0 Å². The number of rotatable bonds is 15. The summed E-state index contributed by atoms with van der Waals surface area (Å²) in [5.74, 6) is 4.22. The molecule has 75 heavy (non-hydrogen) atoms. The Morgan fingerprint density at radius 2 is 0.387 bits per heavy atom. The van der Waals surface area contributed by atoms with Gasteiger partial charge in [0.05, 0.1) is 0 Å². The minimum Gasteiger partial charge on any atom is -0.489 e. The largest absolute Gasteiger partial charge is 0.489 e. The molecule has 5 aromatic carbocycles. The molecule has 1 aliphatic carbocycles. The topological polar surface area (TPSA) is 46.2 Å². The van der Waals surface area contributed by atoms with Gasteiger partial charge in [-0.05, 0) is 111 Å². The first-order chi connectivity index (χ1) is 35.1. The molecule has 5 aromatic rings. The Morgan fingerprint density at radius 3 is 0.480 bits per heavy atom. The predicted octanol–water partition coefficient (Wildman–Crippen LogP) is 17.3. The third-order valence-corrected chi connectivity index (χ3v) is 14.2. The summed E-state index contributed by atoms with van der Waals surface area (Å²) in [7, 11) is 0. The summed E-state index contributed by atoms with van der Waals surface area (Å²) >= 11 is 0. The molecular formula is C70H90O5. The van der Waals surface area contributed by atoms with Gasteiger partial charge < -0.3 is 23.7 Å². The highest BCUT2D eigenvalue weighted by Crippen LogP contribution is 2.45. The smallest absolute Gasteiger partial charge is 0.126 e. The summed E-state index contributed by atoms with van der Waals surface area (Å²) < 4.78 is 34.8. The van der Waals surface area contributed by atoms with E-state index in [1.165, 1.54) is 27.8 Å². The van der Waals surface area contributed by atoms with Crippen molar-refractivity contribution in [2.75, 3.05) is 33.0 Å². The second-order valence-electron chi connectivity index (χ2n) is 25.8. The SMILES string of the molecule is C=CCOc1c2cc(C(C)(C)C)cc1Cc1cc(C(C)(C)C)cc(c1OCC=C)Cc1cc(C(C)(C)C)cc(c1OCC=C)Cc1cc(C(C)(C)C)cc(c1OCC=C)Cc1cc(C(C)(C)C)cc(c1OCC=C)C2. The summed E-state index contributed by atoms with van der Waals surface area (Å²) in [5.41, 5.74) is 15.9. The van der Waals surface area contributed by atoms with Crippen LogP contribution in [0.1, 0.15) is 187 Å². The van der Waals surface area contributed by atoms with E-state index in [2.05, 4.69) is 197 Å². The van der Waals surface area contributed by atoms with Crippen LogP contribution in [0.3, 0.4) is 0 Å². The van der Waals surface area contributed by atoms with Gasteiger partial charge in [0.15, 0.2) is 0 Å². The van der Waals surface area contributed by atoms with Gasteiger partial charge in [-0.3, -0.25) is 0 Å². The lowest BCUT2D eigenvalue weighted by Gasteiger charge is -2.29. The van der Waals surface area contributed by atoms with Gasteiger partial charge in [-0.1, -0.05) is 228 Å². The molecular weight excluding hydrogens is 921 g/mol. The fraction of sp³-hybridized carbons (Fsp3) is 0.429. The van der Waals surface area contributed by atoms with E-state index in [4.69, 9.17) is 23.7 Å². The van der Waals surface area contributed by atoms with E-state index >= 15 is 0 Å². The van der Waals surface area contributed by atoms with Gasteiger partial charge in [0.2, 0.25) is 0 Å². The number of ether oxygens (including phenoxy) is 5. The van der Waals surface area contributed by atoms with Crippen molar-refractivity contribution < 1.29 is 23.7 Å². The standard InChI is InChI=1S/C70H90O5/c1-21-26-71-61-46-31-48-38-57(67(9,10)11)40-50(62(48)72-27-22-2)33-52-42-59(69(15,16)17)44-54(64(52)74-29-24-4)35-55-45-60(70(18,19)20)43-53(65(55)75-30-25-5)34-51-41-58(68(12,13)14)39-49(63(51)73-28-23-3)32-47(61)37-56(36-46)66(6,7)8/h21-25,36-45H,1-5,26-35H2,6-20H3. The predicted molar refractivity (Wildman–Crippen MR) is 318 cm³/mol. The molecule has 0 radical (unpaired) electrons. The van der Waals surface area contributed by atoms with E-state index < -0.39 is 0 Å². The molecule has 0 aromatic heterocycles. The van der Waals surface area contributed by atoms with E-state index in [0.29, 0.717) is 65.1 Å². The zero-order valence-corrected chi connectivity index (χ0v) is 48.8. The third-order valence-electron chi connectivity index (χ3n) is 14.2. The quantitative estimate of drug-likeness (QED) is 0.0959. The molecule has 0 heterocycles. The Labute approximate surface area is 453 Å². The van der Waals surface area contributed by atoms with Crippen molar-refractivity contribution >= 4 is 0 Å². The summed E-state index contributed by atoms with van der Waals surface area (Å²) in [6, 6.07) is 23.5. The highest BCUT2D eigenvalue weighted by Gasteiger charge is 2.30. The van der Waals surface area contributed by atoms with E-state index in [1.54, 1.807) is 0 Å². The zero-order valence-electron chi connectivity index (χ0n) is 48.8. The first kappa shape index (κ1) is 58.1. The average Bonchev–Trinajstić information content (AvgIpc) is 3.30. The molecule has 400 valence electrons. The van der Waals surface area contributed by atoms with Gasteiger partial charge in [-0.15, -0.1) is 0 Å². The summed E-state index contributed by atoms with van der Waals surface area (Å²) in [6.07, 6.45) is 12.0. The third kappa shape index (κ3) is 14.2. The van der Waals surface area contributed by atoms with Crippen molar-refractivity contribution in [3.05, 3.63) is 207 Å². The molecule has 0 N–H and O–H groups in total. The van der Waals surface area contributed by atoms with Gasteiger partial charge >= 0.3 is 0 Å². The van der Waals surface area contributed by atoms with Crippen LogP contribution >= 0.6 is 0 Å². The summed E-state index contributed by atoms with van der Waals surface area (Å²) in [4.78, 5) is 0. The van der Waals surface area contributed by atoms with Crippen LogP contribution < -0.4 is 23.7 Å². The summed E-state index contributed by atoms with van der Waals surface area (Å²) in [5, 5.41) is 0. The molecule has 5 heteroatoms. The highest BCUT2D eigenvalue weighted by molar-refractivity contribution is 5.61. The van der Waals surface area contributed by atoms with E-state index in [1.807, 2.05) is 30.4 Å². The molecule has 0 amide bonds. The second kappa shape index (κ2) is 23.4. The van der Waals surface area contributed by atoms with Crippen LogP contribution in [0.4, 0.5) is 0 Å². The Hall–Kier alpha value is -6.20. The number of hydrogen-bond acceptors (Lipinski definition) is 5. The van der Waals surface area contributed by atoms with E-state index in [0.717, 1.165) is 84.4 Å². The fourth-order valence-electron chi connectivity index (χ4n) is 9.91. The number of hydrogen-bond donors (Lipinski definition) is 0. The Morgan fingerprint density at radius 1 is 0.267 bits per heavy atom. The molecule has 0 fully saturated rings. The van der Waals surface area contributed by atoms with Crippen LogP contribution in [0.5, 0.6) is 28.7 Å². The maximum absolute atomic E-state index is 6.95. The minimum atomic E-state index is -0.190. The van der Waals surface area contributed by atoms with E-state index in [9.17, 15) is 0 Å². The number of fused-ring (bicyclic) bond motifs is 10. The van der Waals surface area contributed by atoms with Crippen molar-refractivity contribution in [2.45, 2.75) is 163 Å². The van der Waals surface area contributed by atoms with Crippen molar-refractivity contribution in [1.29, 1.82) is 0 Å². The maximum Gasteiger partial charge on any atom is 0.126 e. The molecule has 6 rings (SSSR count). The van der Waals surface area contributed by atoms with Crippen molar-refractivity contribution in [1.82, 2.24) is 0 Å². The van der Waals surface area contributed by atoms with Gasteiger partial charge in [-0.25, -0.2) is 0 Å². The lowest BCUT2D eigenvalue weighted by atomic mass is 9.79. The van der Waals surface area contributed by atoms with E-state index in [-0.39, 0.29) is 27.1 Å². The van der Waals surface area contributed by atoms with Gasteiger partial charge in [0.25, 0.3) is 0 Å².